The molecule has 0 amide bonds. The molecule has 3 aromatic rings. The Morgan fingerprint density at radius 2 is 1.82 bits per heavy atom. The molecule has 0 atom stereocenters. The first-order valence-electron chi connectivity index (χ1n) is 7.26. The summed E-state index contributed by atoms with van der Waals surface area (Å²) in [5.74, 6) is 0.655. The van der Waals surface area contributed by atoms with Crippen molar-refractivity contribution in [2.45, 2.75) is 26.5 Å². The minimum absolute atomic E-state index is 0.206. The number of hydrogen-bond donors (Lipinski definition) is 1. The van der Waals surface area contributed by atoms with Gasteiger partial charge in [0.05, 0.1) is 11.2 Å². The van der Waals surface area contributed by atoms with Gasteiger partial charge < -0.3 is 14.4 Å². The quantitative estimate of drug-likeness (QED) is 0.761. The molecule has 4 heteroatoms. The van der Waals surface area contributed by atoms with Gasteiger partial charge in [-0.25, -0.2) is 4.39 Å². The lowest BCUT2D eigenvalue weighted by Crippen LogP contribution is -2.08. The van der Waals surface area contributed by atoms with Crippen molar-refractivity contribution in [3.05, 3.63) is 60.0 Å². The van der Waals surface area contributed by atoms with Gasteiger partial charge >= 0.3 is 0 Å². The Hall–Kier alpha value is -2.49. The second kappa shape index (κ2) is 5.72. The van der Waals surface area contributed by atoms with Crippen LogP contribution in [0.5, 0.6) is 11.5 Å². The highest BCUT2D eigenvalue weighted by Crippen LogP contribution is 2.26. The molecule has 0 bridgehead atoms. The smallest absolute Gasteiger partial charge is 0.128 e. The molecular weight excluding hydrogens is 281 g/mol. The Balaban J connectivity index is 1.92. The third-order valence-corrected chi connectivity index (χ3v) is 3.62. The highest BCUT2D eigenvalue weighted by atomic mass is 19.1. The fraction of sp³-hybridized carbons (Fsp3) is 0.222. The fourth-order valence-corrected chi connectivity index (χ4v) is 2.67. The topological polar surface area (TPSA) is 34.4 Å². The molecule has 0 saturated heterocycles. The number of halogens is 1. The SMILES string of the molecule is CC(C)n1c(COc2ccc(O)cc2)cc2ccc(F)cc21. The molecule has 1 aromatic heterocycles. The molecule has 22 heavy (non-hydrogen) atoms. The average molecular weight is 299 g/mol. The van der Waals surface area contributed by atoms with Crippen LogP contribution in [-0.2, 0) is 6.61 Å². The largest absolute Gasteiger partial charge is 0.508 e. The van der Waals surface area contributed by atoms with Gasteiger partial charge in [-0.15, -0.1) is 0 Å². The zero-order valence-electron chi connectivity index (χ0n) is 12.6. The van der Waals surface area contributed by atoms with Crippen LogP contribution in [0, 0.1) is 5.82 Å². The van der Waals surface area contributed by atoms with Gasteiger partial charge in [0.1, 0.15) is 23.9 Å². The van der Waals surface area contributed by atoms with Gasteiger partial charge in [-0.3, -0.25) is 0 Å². The Bertz CT molecular complexity index is 791. The van der Waals surface area contributed by atoms with Crippen LogP contribution < -0.4 is 4.74 Å². The summed E-state index contributed by atoms with van der Waals surface area (Å²) in [5.41, 5.74) is 1.86. The van der Waals surface area contributed by atoms with Crippen molar-refractivity contribution in [1.29, 1.82) is 0 Å². The number of aromatic hydroxyl groups is 1. The summed E-state index contributed by atoms with van der Waals surface area (Å²) in [6, 6.07) is 13.7. The standard InChI is InChI=1S/C18H18FNO2/c1-12(2)20-15(9-13-3-4-14(19)10-18(13)20)11-22-17-7-5-16(21)6-8-17/h3-10,12,21H,11H2,1-2H3. The second-order valence-corrected chi connectivity index (χ2v) is 5.59. The van der Waals surface area contributed by atoms with Crippen molar-refractivity contribution in [2.75, 3.05) is 0 Å². The van der Waals surface area contributed by atoms with E-state index in [1.807, 2.05) is 6.07 Å². The van der Waals surface area contributed by atoms with Crippen LogP contribution >= 0.6 is 0 Å². The Morgan fingerprint density at radius 3 is 2.50 bits per heavy atom. The van der Waals surface area contributed by atoms with Gasteiger partial charge in [0, 0.05) is 11.4 Å². The normalized spacial score (nSPS) is 11.3. The third kappa shape index (κ3) is 2.77. The van der Waals surface area contributed by atoms with Crippen molar-refractivity contribution in [1.82, 2.24) is 4.57 Å². The average Bonchev–Trinajstić information content (AvgIpc) is 2.84. The van der Waals surface area contributed by atoms with E-state index in [-0.39, 0.29) is 17.6 Å². The van der Waals surface area contributed by atoms with Crippen LogP contribution in [0.4, 0.5) is 4.39 Å². The van der Waals surface area contributed by atoms with Crippen LogP contribution in [-0.4, -0.2) is 9.67 Å². The maximum atomic E-state index is 13.5. The summed E-state index contributed by atoms with van der Waals surface area (Å²) in [5, 5.41) is 10.3. The Morgan fingerprint density at radius 1 is 1.09 bits per heavy atom. The molecule has 0 aliphatic carbocycles. The molecule has 3 nitrogen and oxygen atoms in total. The highest BCUT2D eigenvalue weighted by molar-refractivity contribution is 5.81. The van der Waals surface area contributed by atoms with E-state index < -0.39 is 0 Å². The van der Waals surface area contributed by atoms with E-state index >= 15 is 0 Å². The highest BCUT2D eigenvalue weighted by Gasteiger charge is 2.12. The number of hydrogen-bond acceptors (Lipinski definition) is 2. The molecule has 2 aromatic carbocycles. The number of aromatic nitrogens is 1. The van der Waals surface area contributed by atoms with Crippen LogP contribution in [0.3, 0.4) is 0 Å². The lowest BCUT2D eigenvalue weighted by molar-refractivity contribution is 0.292. The lowest BCUT2D eigenvalue weighted by atomic mass is 10.2. The molecule has 0 spiro atoms. The maximum Gasteiger partial charge on any atom is 0.128 e. The van der Waals surface area contributed by atoms with Gasteiger partial charge in [-0.1, -0.05) is 0 Å². The van der Waals surface area contributed by atoms with Crippen molar-refractivity contribution < 1.29 is 14.2 Å². The van der Waals surface area contributed by atoms with Crippen molar-refractivity contribution >= 4 is 10.9 Å². The second-order valence-electron chi connectivity index (χ2n) is 5.59. The molecule has 1 heterocycles. The van der Waals surface area contributed by atoms with Crippen LogP contribution in [0.25, 0.3) is 10.9 Å². The predicted octanol–water partition coefficient (Wildman–Crippen LogP) is 4.65. The van der Waals surface area contributed by atoms with E-state index in [2.05, 4.69) is 18.4 Å². The first-order valence-corrected chi connectivity index (χ1v) is 7.26. The summed E-state index contributed by atoms with van der Waals surface area (Å²) in [4.78, 5) is 0. The van der Waals surface area contributed by atoms with E-state index in [0.717, 1.165) is 16.6 Å². The van der Waals surface area contributed by atoms with Crippen molar-refractivity contribution in [2.24, 2.45) is 0 Å². The van der Waals surface area contributed by atoms with E-state index in [1.54, 1.807) is 36.4 Å². The van der Waals surface area contributed by atoms with E-state index in [4.69, 9.17) is 4.74 Å². The van der Waals surface area contributed by atoms with E-state index in [0.29, 0.717) is 12.4 Å². The lowest BCUT2D eigenvalue weighted by Gasteiger charge is -2.15. The predicted molar refractivity (Wildman–Crippen MR) is 84.7 cm³/mol. The Labute approximate surface area is 128 Å². The number of fused-ring (bicyclic) bond motifs is 1. The van der Waals surface area contributed by atoms with Crippen LogP contribution in [0.1, 0.15) is 25.6 Å². The maximum absolute atomic E-state index is 13.5. The number of phenols is 1. The molecule has 0 unspecified atom stereocenters. The molecule has 0 fully saturated rings. The van der Waals surface area contributed by atoms with E-state index in [1.165, 1.54) is 6.07 Å². The summed E-state index contributed by atoms with van der Waals surface area (Å²) in [6.45, 7) is 4.52. The zero-order valence-corrected chi connectivity index (χ0v) is 12.6. The summed E-state index contributed by atoms with van der Waals surface area (Å²) in [7, 11) is 0. The van der Waals surface area contributed by atoms with Gasteiger partial charge in [-0.05, 0) is 62.4 Å². The van der Waals surface area contributed by atoms with Gasteiger partial charge in [0.15, 0.2) is 0 Å². The monoisotopic (exact) mass is 299 g/mol. The molecule has 0 saturated carbocycles. The van der Waals surface area contributed by atoms with Crippen LogP contribution in [0.2, 0.25) is 0 Å². The van der Waals surface area contributed by atoms with Crippen molar-refractivity contribution in [3.8, 4) is 11.5 Å². The number of nitrogens with zero attached hydrogens (tertiary/aromatic N) is 1. The third-order valence-electron chi connectivity index (χ3n) is 3.62. The minimum atomic E-state index is -0.237. The number of rotatable bonds is 4. The molecular formula is C18H18FNO2. The first-order chi connectivity index (χ1) is 10.5. The molecule has 0 radical (unpaired) electrons. The summed E-state index contributed by atoms with van der Waals surface area (Å²) in [6.07, 6.45) is 0. The number of benzene rings is 2. The Kier molecular flexibility index (Phi) is 3.75. The number of phenolic OH excluding ortho intramolecular Hbond substituents is 1. The van der Waals surface area contributed by atoms with Crippen molar-refractivity contribution in [3.63, 3.8) is 0 Å². The van der Waals surface area contributed by atoms with Gasteiger partial charge in [0.2, 0.25) is 0 Å². The van der Waals surface area contributed by atoms with Gasteiger partial charge in [-0.2, -0.15) is 0 Å². The van der Waals surface area contributed by atoms with Crippen LogP contribution in [0.15, 0.2) is 48.5 Å². The molecule has 114 valence electrons. The first kappa shape index (κ1) is 14.4. The minimum Gasteiger partial charge on any atom is -0.508 e. The molecule has 0 aliphatic heterocycles. The van der Waals surface area contributed by atoms with Gasteiger partial charge in [0.25, 0.3) is 0 Å². The molecule has 1 N–H and O–H groups in total. The molecule has 3 rings (SSSR count). The number of ether oxygens (including phenoxy) is 1. The van der Waals surface area contributed by atoms with E-state index in [9.17, 15) is 9.50 Å². The molecule has 0 aliphatic rings. The summed E-state index contributed by atoms with van der Waals surface area (Å²) >= 11 is 0. The zero-order chi connectivity index (χ0) is 15.7. The fourth-order valence-electron chi connectivity index (χ4n) is 2.67. The summed E-state index contributed by atoms with van der Waals surface area (Å²) < 4.78 is 21.4.